The Hall–Kier alpha value is -1.36. The Bertz CT molecular complexity index is 552. The van der Waals surface area contributed by atoms with E-state index in [1.807, 2.05) is 13.0 Å². The average Bonchev–Trinajstić information content (AvgIpc) is 2.82. The van der Waals surface area contributed by atoms with E-state index in [1.54, 1.807) is 6.92 Å². The highest BCUT2D eigenvalue weighted by molar-refractivity contribution is 7.14. The van der Waals surface area contributed by atoms with Crippen LogP contribution in [0.5, 0.6) is 0 Å². The zero-order valence-electron chi connectivity index (χ0n) is 12.9. The van der Waals surface area contributed by atoms with Crippen molar-refractivity contribution < 1.29 is 14.7 Å². The van der Waals surface area contributed by atoms with Crippen LogP contribution in [-0.2, 0) is 11.2 Å². The SMILES string of the molecule is CCc1cc(C(=O)NC2CCCCC2(C)C(=O)O)sc1C. The summed E-state index contributed by atoms with van der Waals surface area (Å²) in [5, 5.41) is 12.5. The molecule has 1 aliphatic rings. The maximum Gasteiger partial charge on any atom is 0.311 e. The first-order valence-electron chi connectivity index (χ1n) is 7.52. The van der Waals surface area contributed by atoms with Gasteiger partial charge in [-0.15, -0.1) is 11.3 Å². The molecule has 5 heteroatoms. The van der Waals surface area contributed by atoms with Crippen LogP contribution in [0.1, 0.15) is 59.6 Å². The third-order valence-electron chi connectivity index (χ3n) is 4.63. The Morgan fingerprint density at radius 2 is 2.19 bits per heavy atom. The van der Waals surface area contributed by atoms with E-state index < -0.39 is 11.4 Å². The predicted molar refractivity (Wildman–Crippen MR) is 83.9 cm³/mol. The van der Waals surface area contributed by atoms with E-state index in [1.165, 1.54) is 16.9 Å². The van der Waals surface area contributed by atoms with Crippen molar-refractivity contribution in [1.29, 1.82) is 0 Å². The van der Waals surface area contributed by atoms with Gasteiger partial charge >= 0.3 is 5.97 Å². The molecule has 1 amide bonds. The third kappa shape index (κ3) is 3.12. The molecule has 2 rings (SSSR count). The minimum absolute atomic E-state index is 0.137. The number of hydrogen-bond donors (Lipinski definition) is 2. The summed E-state index contributed by atoms with van der Waals surface area (Å²) in [6.45, 7) is 5.83. The molecule has 1 aliphatic carbocycles. The van der Waals surface area contributed by atoms with Crippen molar-refractivity contribution in [2.45, 2.75) is 58.9 Å². The average molecular weight is 309 g/mol. The van der Waals surface area contributed by atoms with Crippen LogP contribution in [0.25, 0.3) is 0 Å². The molecule has 0 bridgehead atoms. The highest BCUT2D eigenvalue weighted by Crippen LogP contribution is 2.36. The van der Waals surface area contributed by atoms with E-state index in [4.69, 9.17) is 0 Å². The summed E-state index contributed by atoms with van der Waals surface area (Å²) in [4.78, 5) is 25.8. The quantitative estimate of drug-likeness (QED) is 0.896. The zero-order valence-corrected chi connectivity index (χ0v) is 13.7. The van der Waals surface area contributed by atoms with Crippen molar-refractivity contribution in [3.8, 4) is 0 Å². The lowest BCUT2D eigenvalue weighted by molar-refractivity contribution is -0.151. The first-order valence-corrected chi connectivity index (χ1v) is 8.33. The molecule has 2 unspecified atom stereocenters. The van der Waals surface area contributed by atoms with Crippen molar-refractivity contribution >= 4 is 23.2 Å². The maximum atomic E-state index is 12.4. The van der Waals surface area contributed by atoms with Gasteiger partial charge in [-0.25, -0.2) is 0 Å². The van der Waals surface area contributed by atoms with Gasteiger partial charge in [0.25, 0.3) is 5.91 Å². The summed E-state index contributed by atoms with van der Waals surface area (Å²) in [5.74, 6) is -0.953. The summed E-state index contributed by atoms with van der Waals surface area (Å²) in [6.07, 6.45) is 4.15. The first-order chi connectivity index (χ1) is 9.88. The second kappa shape index (κ2) is 6.18. The molecule has 4 nitrogen and oxygen atoms in total. The van der Waals surface area contributed by atoms with Crippen molar-refractivity contribution in [3.05, 3.63) is 21.4 Å². The molecule has 1 fully saturated rings. The second-order valence-corrected chi connectivity index (χ2v) is 7.30. The van der Waals surface area contributed by atoms with E-state index in [0.29, 0.717) is 11.3 Å². The molecule has 116 valence electrons. The van der Waals surface area contributed by atoms with E-state index in [0.717, 1.165) is 30.6 Å². The maximum absolute atomic E-state index is 12.4. The van der Waals surface area contributed by atoms with Crippen LogP contribution in [-0.4, -0.2) is 23.0 Å². The molecular formula is C16H23NO3S. The number of carboxylic acids is 1. The number of aryl methyl sites for hydroxylation is 2. The number of amides is 1. The van der Waals surface area contributed by atoms with Crippen LogP contribution >= 0.6 is 11.3 Å². The van der Waals surface area contributed by atoms with Crippen molar-refractivity contribution in [3.63, 3.8) is 0 Å². The Labute approximate surface area is 129 Å². The standard InChI is InChI=1S/C16H23NO3S/c1-4-11-9-12(21-10(11)2)14(18)17-13-7-5-6-8-16(13,3)15(19)20/h9,13H,4-8H2,1-3H3,(H,17,18)(H,19,20). The molecule has 1 saturated carbocycles. The van der Waals surface area contributed by atoms with E-state index in [9.17, 15) is 14.7 Å². The van der Waals surface area contributed by atoms with Gasteiger partial charge in [-0.05, 0) is 44.7 Å². The lowest BCUT2D eigenvalue weighted by atomic mass is 9.71. The molecule has 21 heavy (non-hydrogen) atoms. The van der Waals surface area contributed by atoms with E-state index in [-0.39, 0.29) is 11.9 Å². The summed E-state index contributed by atoms with van der Waals surface area (Å²) in [5.41, 5.74) is 0.336. The van der Waals surface area contributed by atoms with Crippen LogP contribution in [0.15, 0.2) is 6.07 Å². The third-order valence-corrected chi connectivity index (χ3v) is 5.72. The Balaban J connectivity index is 2.15. The molecule has 2 N–H and O–H groups in total. The summed E-state index contributed by atoms with van der Waals surface area (Å²) < 4.78 is 0. The fraction of sp³-hybridized carbons (Fsp3) is 0.625. The Kier molecular flexibility index (Phi) is 4.71. The molecular weight excluding hydrogens is 286 g/mol. The van der Waals surface area contributed by atoms with Crippen molar-refractivity contribution in [1.82, 2.24) is 5.32 Å². The molecule has 0 spiro atoms. The highest BCUT2D eigenvalue weighted by atomic mass is 32.1. The predicted octanol–water partition coefficient (Wildman–Crippen LogP) is 3.38. The molecule has 0 aliphatic heterocycles. The van der Waals surface area contributed by atoms with Crippen LogP contribution < -0.4 is 5.32 Å². The lowest BCUT2D eigenvalue weighted by Gasteiger charge is -2.38. The van der Waals surface area contributed by atoms with Crippen LogP contribution in [0.3, 0.4) is 0 Å². The molecule has 1 aromatic heterocycles. The van der Waals surface area contributed by atoms with Crippen LogP contribution in [0.2, 0.25) is 0 Å². The minimum Gasteiger partial charge on any atom is -0.481 e. The summed E-state index contributed by atoms with van der Waals surface area (Å²) >= 11 is 1.48. The molecule has 2 atom stereocenters. The van der Waals surface area contributed by atoms with Gasteiger partial charge in [0.2, 0.25) is 0 Å². The number of carbonyl (C=O) groups excluding carboxylic acids is 1. The molecule has 1 aromatic rings. The first kappa shape index (κ1) is 16.0. The monoisotopic (exact) mass is 309 g/mol. The number of hydrogen-bond acceptors (Lipinski definition) is 3. The van der Waals surface area contributed by atoms with Crippen molar-refractivity contribution in [2.75, 3.05) is 0 Å². The van der Waals surface area contributed by atoms with Gasteiger partial charge in [-0.3, -0.25) is 9.59 Å². The molecule has 0 aromatic carbocycles. The molecule has 1 heterocycles. The number of aliphatic carboxylic acids is 1. The summed E-state index contributed by atoms with van der Waals surface area (Å²) in [6, 6.07) is 1.64. The van der Waals surface area contributed by atoms with Gasteiger partial charge in [0.05, 0.1) is 10.3 Å². The topological polar surface area (TPSA) is 66.4 Å². The van der Waals surface area contributed by atoms with Gasteiger partial charge in [0, 0.05) is 10.9 Å². The van der Waals surface area contributed by atoms with Gasteiger partial charge in [-0.2, -0.15) is 0 Å². The number of rotatable bonds is 4. The fourth-order valence-corrected chi connectivity index (χ4v) is 4.05. The van der Waals surface area contributed by atoms with Crippen molar-refractivity contribution in [2.24, 2.45) is 5.41 Å². The zero-order chi connectivity index (χ0) is 15.6. The van der Waals surface area contributed by atoms with E-state index in [2.05, 4.69) is 12.2 Å². The number of carbonyl (C=O) groups is 2. The smallest absolute Gasteiger partial charge is 0.311 e. The van der Waals surface area contributed by atoms with Crippen LogP contribution in [0, 0.1) is 12.3 Å². The summed E-state index contributed by atoms with van der Waals surface area (Å²) in [7, 11) is 0. The van der Waals surface area contributed by atoms with E-state index >= 15 is 0 Å². The van der Waals surface area contributed by atoms with Gasteiger partial charge < -0.3 is 10.4 Å². The van der Waals surface area contributed by atoms with Gasteiger partial charge in [0.1, 0.15) is 0 Å². The minimum atomic E-state index is -0.853. The van der Waals surface area contributed by atoms with Gasteiger partial charge in [-0.1, -0.05) is 19.8 Å². The van der Waals surface area contributed by atoms with Gasteiger partial charge in [0.15, 0.2) is 0 Å². The fourth-order valence-electron chi connectivity index (χ4n) is 3.03. The number of thiophene rings is 1. The normalized spacial score (nSPS) is 25.6. The Morgan fingerprint density at radius 3 is 2.76 bits per heavy atom. The molecule has 0 radical (unpaired) electrons. The highest BCUT2D eigenvalue weighted by Gasteiger charge is 2.44. The van der Waals surface area contributed by atoms with Crippen LogP contribution in [0.4, 0.5) is 0 Å². The largest absolute Gasteiger partial charge is 0.481 e. The Morgan fingerprint density at radius 1 is 1.48 bits per heavy atom. The second-order valence-electron chi connectivity index (χ2n) is 6.04. The number of carboxylic acid groups (broad SMARTS) is 1. The molecule has 0 saturated heterocycles. The number of nitrogens with one attached hydrogen (secondary N) is 1. The lowest BCUT2D eigenvalue weighted by Crippen LogP contribution is -2.52.